The summed E-state index contributed by atoms with van der Waals surface area (Å²) in [4.78, 5) is 0.857. The van der Waals surface area contributed by atoms with E-state index in [9.17, 15) is 8.42 Å². The maximum Gasteiger partial charge on any atom is 0.250 e. The van der Waals surface area contributed by atoms with Crippen molar-refractivity contribution in [3.63, 3.8) is 0 Å². The van der Waals surface area contributed by atoms with Crippen LogP contribution in [0.25, 0.3) is 0 Å². The third-order valence-corrected chi connectivity index (χ3v) is 5.33. The van der Waals surface area contributed by atoms with Crippen molar-refractivity contribution in [1.82, 2.24) is 4.72 Å². The van der Waals surface area contributed by atoms with Gasteiger partial charge in [0, 0.05) is 31.1 Å². The minimum Gasteiger partial charge on any atom is -0.396 e. The number of nitrogens with one attached hydrogen (secondary N) is 1. The first-order chi connectivity index (χ1) is 8.49. The normalized spacial score (nSPS) is 13.7. The monoisotopic (exact) mass is 293 g/mol. The molecule has 0 spiro atoms. The molecule has 0 saturated carbocycles. The summed E-state index contributed by atoms with van der Waals surface area (Å²) in [6.07, 6.45) is 0.330. The van der Waals surface area contributed by atoms with Crippen LogP contribution in [0.15, 0.2) is 16.3 Å². The van der Waals surface area contributed by atoms with E-state index in [-0.39, 0.29) is 23.5 Å². The minimum atomic E-state index is -3.46. The van der Waals surface area contributed by atoms with Gasteiger partial charge in [-0.1, -0.05) is 0 Å². The smallest absolute Gasteiger partial charge is 0.250 e. The van der Waals surface area contributed by atoms with Crippen molar-refractivity contribution < 1.29 is 18.3 Å². The SMILES string of the molecule is CCOC(C)CNS(=O)(=O)c1ccc(CCO)s1. The van der Waals surface area contributed by atoms with Crippen LogP contribution in [-0.4, -0.2) is 39.4 Å². The second kappa shape index (κ2) is 7.20. The predicted molar refractivity (Wildman–Crippen MR) is 71.4 cm³/mol. The van der Waals surface area contributed by atoms with Crippen molar-refractivity contribution in [3.8, 4) is 0 Å². The highest BCUT2D eigenvalue weighted by molar-refractivity contribution is 7.91. The van der Waals surface area contributed by atoms with Gasteiger partial charge in [-0.15, -0.1) is 11.3 Å². The Balaban J connectivity index is 2.62. The van der Waals surface area contributed by atoms with Crippen LogP contribution in [0, 0.1) is 0 Å². The van der Waals surface area contributed by atoms with Gasteiger partial charge in [-0.05, 0) is 26.0 Å². The number of sulfonamides is 1. The summed E-state index contributed by atoms with van der Waals surface area (Å²) in [7, 11) is -3.46. The standard InChI is InChI=1S/C11H19NO4S2/c1-3-16-9(2)8-12-18(14,15)11-5-4-10(17-11)6-7-13/h4-5,9,12-13H,3,6-8H2,1-2H3. The molecule has 0 radical (unpaired) electrons. The number of hydrogen-bond donors (Lipinski definition) is 2. The maximum absolute atomic E-state index is 11.9. The minimum absolute atomic E-state index is 0.0226. The van der Waals surface area contributed by atoms with Gasteiger partial charge in [-0.3, -0.25) is 0 Å². The lowest BCUT2D eigenvalue weighted by molar-refractivity contribution is 0.0800. The molecule has 0 fully saturated rings. The molecule has 0 amide bonds. The van der Waals surface area contributed by atoms with Crippen LogP contribution >= 0.6 is 11.3 Å². The highest BCUT2D eigenvalue weighted by Crippen LogP contribution is 2.21. The molecule has 1 unspecified atom stereocenters. The van der Waals surface area contributed by atoms with Crippen LogP contribution in [-0.2, 0) is 21.2 Å². The fraction of sp³-hybridized carbons (Fsp3) is 0.636. The molecule has 1 heterocycles. The molecule has 5 nitrogen and oxygen atoms in total. The Labute approximate surface area is 112 Å². The molecule has 18 heavy (non-hydrogen) atoms. The number of thiophene rings is 1. The van der Waals surface area contributed by atoms with Gasteiger partial charge >= 0.3 is 0 Å². The van der Waals surface area contributed by atoms with E-state index in [1.165, 1.54) is 11.3 Å². The van der Waals surface area contributed by atoms with Crippen molar-refractivity contribution in [3.05, 3.63) is 17.0 Å². The lowest BCUT2D eigenvalue weighted by Crippen LogP contribution is -2.31. The van der Waals surface area contributed by atoms with Gasteiger partial charge in [0.2, 0.25) is 10.0 Å². The van der Waals surface area contributed by atoms with Crippen LogP contribution < -0.4 is 4.72 Å². The average molecular weight is 293 g/mol. The summed E-state index contributed by atoms with van der Waals surface area (Å²) in [5, 5.41) is 8.79. The first kappa shape index (κ1) is 15.6. The van der Waals surface area contributed by atoms with E-state index < -0.39 is 10.0 Å². The van der Waals surface area contributed by atoms with E-state index >= 15 is 0 Å². The zero-order valence-electron chi connectivity index (χ0n) is 10.5. The van der Waals surface area contributed by atoms with Gasteiger partial charge in [0.05, 0.1) is 6.10 Å². The molecule has 1 atom stereocenters. The molecule has 0 aliphatic rings. The first-order valence-electron chi connectivity index (χ1n) is 5.80. The van der Waals surface area contributed by atoms with Crippen LogP contribution in [0.3, 0.4) is 0 Å². The Kier molecular flexibility index (Phi) is 6.24. The lowest BCUT2D eigenvalue weighted by atomic mass is 10.4. The zero-order valence-corrected chi connectivity index (χ0v) is 12.2. The predicted octanol–water partition coefficient (Wildman–Crippen LogP) is 0.986. The van der Waals surface area contributed by atoms with Crippen molar-refractivity contribution >= 4 is 21.4 Å². The Morgan fingerprint density at radius 2 is 2.22 bits per heavy atom. The summed E-state index contributed by atoms with van der Waals surface area (Å²) in [5.74, 6) is 0. The van der Waals surface area contributed by atoms with Crippen LogP contribution in [0.2, 0.25) is 0 Å². The van der Waals surface area contributed by atoms with Gasteiger partial charge in [0.25, 0.3) is 0 Å². The van der Waals surface area contributed by atoms with Crippen molar-refractivity contribution in [2.24, 2.45) is 0 Å². The fourth-order valence-corrected chi connectivity index (χ4v) is 3.89. The largest absolute Gasteiger partial charge is 0.396 e. The van der Waals surface area contributed by atoms with E-state index in [4.69, 9.17) is 9.84 Å². The highest BCUT2D eigenvalue weighted by Gasteiger charge is 2.17. The van der Waals surface area contributed by atoms with Gasteiger partial charge in [0.15, 0.2) is 0 Å². The van der Waals surface area contributed by atoms with Crippen molar-refractivity contribution in [2.75, 3.05) is 19.8 Å². The van der Waals surface area contributed by atoms with E-state index in [0.29, 0.717) is 13.0 Å². The number of aliphatic hydroxyl groups excluding tert-OH is 1. The molecule has 0 aliphatic heterocycles. The molecule has 0 saturated heterocycles. The molecule has 104 valence electrons. The van der Waals surface area contributed by atoms with E-state index in [2.05, 4.69) is 4.72 Å². The molecular formula is C11H19NO4S2. The van der Waals surface area contributed by atoms with Crippen molar-refractivity contribution in [2.45, 2.75) is 30.6 Å². The lowest BCUT2D eigenvalue weighted by Gasteiger charge is -2.12. The topological polar surface area (TPSA) is 75.6 Å². The molecular weight excluding hydrogens is 274 g/mol. The number of ether oxygens (including phenoxy) is 1. The fourth-order valence-electron chi connectivity index (χ4n) is 1.39. The van der Waals surface area contributed by atoms with Crippen LogP contribution in [0.4, 0.5) is 0 Å². The quantitative estimate of drug-likeness (QED) is 0.749. The Hall–Kier alpha value is -0.470. The second-order valence-electron chi connectivity index (χ2n) is 3.81. The van der Waals surface area contributed by atoms with Gasteiger partial charge in [-0.25, -0.2) is 13.1 Å². The number of aliphatic hydroxyl groups is 1. The molecule has 0 bridgehead atoms. The third-order valence-electron chi connectivity index (χ3n) is 2.27. The Morgan fingerprint density at radius 1 is 1.50 bits per heavy atom. The maximum atomic E-state index is 11.9. The molecule has 1 aromatic rings. The molecule has 7 heteroatoms. The molecule has 1 aromatic heterocycles. The van der Waals surface area contributed by atoms with Crippen LogP contribution in [0.5, 0.6) is 0 Å². The van der Waals surface area contributed by atoms with E-state index in [0.717, 1.165) is 4.88 Å². The number of hydrogen-bond acceptors (Lipinski definition) is 5. The summed E-state index contributed by atoms with van der Waals surface area (Å²) >= 11 is 1.18. The molecule has 1 rings (SSSR count). The molecule has 0 aromatic carbocycles. The van der Waals surface area contributed by atoms with Gasteiger partial charge in [-0.2, -0.15) is 0 Å². The highest BCUT2D eigenvalue weighted by atomic mass is 32.2. The molecule has 0 aliphatic carbocycles. The summed E-state index contributed by atoms with van der Waals surface area (Å²) < 4.78 is 31.9. The summed E-state index contributed by atoms with van der Waals surface area (Å²) in [5.41, 5.74) is 0. The first-order valence-corrected chi connectivity index (χ1v) is 8.10. The molecule has 2 N–H and O–H groups in total. The Bertz CT molecular complexity index is 455. The van der Waals surface area contributed by atoms with Gasteiger partial charge in [0.1, 0.15) is 4.21 Å². The van der Waals surface area contributed by atoms with Gasteiger partial charge < -0.3 is 9.84 Å². The second-order valence-corrected chi connectivity index (χ2v) is 6.97. The number of rotatable bonds is 8. The van der Waals surface area contributed by atoms with Crippen LogP contribution in [0.1, 0.15) is 18.7 Å². The Morgan fingerprint density at radius 3 is 2.83 bits per heavy atom. The van der Waals surface area contributed by atoms with E-state index in [1.54, 1.807) is 12.1 Å². The summed E-state index contributed by atoms with van der Waals surface area (Å²) in [6, 6.07) is 3.28. The zero-order chi connectivity index (χ0) is 13.6. The average Bonchev–Trinajstić information content (AvgIpc) is 2.77. The van der Waals surface area contributed by atoms with Crippen molar-refractivity contribution in [1.29, 1.82) is 0 Å². The third kappa shape index (κ3) is 4.66. The van der Waals surface area contributed by atoms with E-state index in [1.807, 2.05) is 13.8 Å². The summed E-state index contributed by atoms with van der Waals surface area (Å²) in [6.45, 7) is 4.52.